The molecule has 0 spiro atoms. The predicted octanol–water partition coefficient (Wildman–Crippen LogP) is -0.908. The molecule has 2 rings (SSSR count). The Bertz CT molecular complexity index is 658. The maximum absolute atomic E-state index is 10.7. The van der Waals surface area contributed by atoms with Crippen LogP contribution >= 0.6 is 0 Å². The average Bonchev–Trinajstić information content (AvgIpc) is 2.27. The second-order valence-corrected chi connectivity index (χ2v) is 5.40. The van der Waals surface area contributed by atoms with E-state index in [0.717, 1.165) is 5.39 Å². The first-order valence-corrected chi connectivity index (χ1v) is 6.73. The minimum atomic E-state index is -4.00. The van der Waals surface area contributed by atoms with E-state index in [1.807, 2.05) is 18.2 Å². The topological polar surface area (TPSA) is 74.6 Å². The molecule has 0 aromatic heterocycles. The zero-order chi connectivity index (χ0) is 12.5. The summed E-state index contributed by atoms with van der Waals surface area (Å²) in [6, 6.07) is 10.8. The molecule has 2 aromatic carbocycles. The van der Waals surface area contributed by atoms with Crippen LogP contribution in [0.4, 0.5) is 0 Å². The summed E-state index contributed by atoms with van der Waals surface area (Å²) in [5.41, 5.74) is 0.515. The van der Waals surface area contributed by atoms with Gasteiger partial charge < -0.3 is 6.53 Å². The molecule has 0 unspecified atom stereocenters. The molecule has 2 aromatic rings. The fraction of sp³-hybridized carbons (Fsp3) is 0.167. The van der Waals surface area contributed by atoms with E-state index >= 15 is 0 Å². The molecule has 92 valence electrons. The van der Waals surface area contributed by atoms with Crippen LogP contribution in [0, 0.1) is 0 Å². The Morgan fingerprint density at radius 3 is 2.44 bits per heavy atom. The maximum atomic E-state index is 10.7. The van der Waals surface area contributed by atoms with Crippen LogP contribution in [-0.2, 0) is 16.5 Å². The molecule has 0 saturated heterocycles. The van der Waals surface area contributed by atoms with E-state index in [-0.39, 0.29) is 48.9 Å². The van der Waals surface area contributed by atoms with Crippen LogP contribution < -0.4 is 29.6 Å². The molecular weight excluding hydrogens is 263 g/mol. The molecule has 18 heavy (non-hydrogen) atoms. The number of rotatable bonds is 3. The molecular formula is C12H13NaO4S. The number of phenolic OH excluding ortho intramolecular Hbond substituents is 1. The van der Waals surface area contributed by atoms with Crippen molar-refractivity contribution in [2.24, 2.45) is 0 Å². The van der Waals surface area contributed by atoms with E-state index in [2.05, 4.69) is 0 Å². The van der Waals surface area contributed by atoms with Crippen molar-refractivity contribution >= 4 is 20.9 Å². The van der Waals surface area contributed by atoms with Crippen LogP contribution in [0.5, 0.6) is 5.75 Å². The normalized spacial score (nSPS) is 11.2. The molecule has 4 nitrogen and oxygen atoms in total. The van der Waals surface area contributed by atoms with Gasteiger partial charge in [-0.25, -0.2) is 0 Å². The molecule has 6 heteroatoms. The second kappa shape index (κ2) is 6.04. The number of hydrogen-bond donors (Lipinski definition) is 2. The Kier molecular flexibility index (Phi) is 5.19. The van der Waals surface area contributed by atoms with Crippen LogP contribution in [0.25, 0.3) is 10.8 Å². The predicted molar refractivity (Wildman–Crippen MR) is 66.8 cm³/mol. The summed E-state index contributed by atoms with van der Waals surface area (Å²) < 4.78 is 30.0. The van der Waals surface area contributed by atoms with E-state index in [4.69, 9.17) is 4.55 Å². The third-order valence-electron chi connectivity index (χ3n) is 2.61. The third kappa shape index (κ3) is 3.70. The minimum absolute atomic E-state index is 0. The molecule has 0 heterocycles. The molecule has 0 fully saturated rings. The van der Waals surface area contributed by atoms with Crippen molar-refractivity contribution in [2.45, 2.75) is 6.42 Å². The van der Waals surface area contributed by atoms with Gasteiger partial charge in [0.05, 0.1) is 5.75 Å². The molecule has 0 aliphatic heterocycles. The molecule has 0 aliphatic rings. The van der Waals surface area contributed by atoms with Gasteiger partial charge in [-0.1, -0.05) is 36.4 Å². The van der Waals surface area contributed by atoms with Crippen molar-refractivity contribution in [3.8, 4) is 5.75 Å². The molecule has 0 bridgehead atoms. The van der Waals surface area contributed by atoms with Gasteiger partial charge in [0.25, 0.3) is 10.1 Å². The Morgan fingerprint density at radius 1 is 1.11 bits per heavy atom. The van der Waals surface area contributed by atoms with E-state index in [9.17, 15) is 13.5 Å². The third-order valence-corrected chi connectivity index (χ3v) is 3.33. The number of benzene rings is 2. The maximum Gasteiger partial charge on any atom is 1.00 e. The van der Waals surface area contributed by atoms with Gasteiger partial charge in [0.1, 0.15) is 5.75 Å². The number of phenols is 1. The first kappa shape index (κ1) is 15.5. The van der Waals surface area contributed by atoms with Gasteiger partial charge in [0, 0.05) is 5.39 Å². The first-order valence-electron chi connectivity index (χ1n) is 5.12. The van der Waals surface area contributed by atoms with E-state index in [1.54, 1.807) is 18.2 Å². The summed E-state index contributed by atoms with van der Waals surface area (Å²) in [4.78, 5) is 0. The van der Waals surface area contributed by atoms with Crippen molar-refractivity contribution in [1.82, 2.24) is 0 Å². The van der Waals surface area contributed by atoms with Crippen LogP contribution in [-0.4, -0.2) is 23.8 Å². The monoisotopic (exact) mass is 276 g/mol. The van der Waals surface area contributed by atoms with Gasteiger partial charge in [-0.15, -0.1) is 0 Å². The number of hydrogen-bond acceptors (Lipinski definition) is 3. The van der Waals surface area contributed by atoms with Crippen molar-refractivity contribution in [2.75, 3.05) is 5.75 Å². The van der Waals surface area contributed by atoms with Crippen molar-refractivity contribution in [3.05, 3.63) is 42.0 Å². The van der Waals surface area contributed by atoms with Crippen LogP contribution in [0.1, 0.15) is 6.99 Å². The molecule has 0 saturated carbocycles. The second-order valence-electron chi connectivity index (χ2n) is 3.83. The van der Waals surface area contributed by atoms with Gasteiger partial charge in [-0.3, -0.25) is 4.55 Å². The Morgan fingerprint density at radius 2 is 1.78 bits per heavy atom. The minimum Gasteiger partial charge on any atom is -1.00 e. The molecule has 0 atom stereocenters. The van der Waals surface area contributed by atoms with Crippen LogP contribution in [0.15, 0.2) is 36.4 Å². The summed E-state index contributed by atoms with van der Waals surface area (Å²) in [5, 5.41) is 11.5. The number of aromatic hydroxyl groups is 1. The van der Waals surface area contributed by atoms with E-state index < -0.39 is 10.1 Å². The van der Waals surface area contributed by atoms with Crippen LogP contribution in [0.2, 0.25) is 0 Å². The van der Waals surface area contributed by atoms with Gasteiger partial charge in [0.2, 0.25) is 0 Å². The Hall–Kier alpha value is -0.590. The Labute approximate surface area is 129 Å². The summed E-state index contributed by atoms with van der Waals surface area (Å²) in [6.07, 6.45) is 0.0928. The van der Waals surface area contributed by atoms with Crippen LogP contribution in [0.3, 0.4) is 0 Å². The molecule has 0 radical (unpaired) electrons. The summed E-state index contributed by atoms with van der Waals surface area (Å²) in [7, 11) is -4.00. The van der Waals surface area contributed by atoms with Gasteiger partial charge in [-0.2, -0.15) is 8.42 Å². The number of fused-ring (bicyclic) bond motifs is 1. The first-order chi connectivity index (χ1) is 7.97. The van der Waals surface area contributed by atoms with E-state index in [1.165, 1.54) is 0 Å². The number of aryl methyl sites for hydroxylation is 1. The average molecular weight is 276 g/mol. The van der Waals surface area contributed by atoms with Gasteiger partial charge in [-0.05, 0) is 17.4 Å². The van der Waals surface area contributed by atoms with Gasteiger partial charge in [0.15, 0.2) is 0 Å². The fourth-order valence-electron chi connectivity index (χ4n) is 1.74. The summed E-state index contributed by atoms with van der Waals surface area (Å²) in [5.74, 6) is -0.314. The summed E-state index contributed by atoms with van der Waals surface area (Å²) in [6.45, 7) is 0. The largest absolute Gasteiger partial charge is 1.00 e. The zero-order valence-electron chi connectivity index (χ0n) is 11.0. The van der Waals surface area contributed by atoms with Gasteiger partial charge >= 0.3 is 29.6 Å². The Balaban J connectivity index is 0.00000162. The fourth-order valence-corrected chi connectivity index (χ4v) is 2.22. The standard InChI is InChI=1S/C12H12O4S.Na.H/c13-12-10(7-8-17(14,15)16)6-5-9-3-1-2-4-11(9)12;;/h1-6,13H,7-8H2,(H,14,15,16);;/q;+1;-1. The molecule has 0 aliphatic carbocycles. The molecule has 0 amide bonds. The van der Waals surface area contributed by atoms with Crippen molar-refractivity contribution in [1.29, 1.82) is 0 Å². The van der Waals surface area contributed by atoms with E-state index in [0.29, 0.717) is 10.9 Å². The quantitative estimate of drug-likeness (QED) is 0.562. The molecule has 2 N–H and O–H groups in total. The summed E-state index contributed by atoms with van der Waals surface area (Å²) >= 11 is 0. The van der Waals surface area contributed by atoms with Crippen molar-refractivity contribution < 1.29 is 49.1 Å². The van der Waals surface area contributed by atoms with Crippen molar-refractivity contribution in [3.63, 3.8) is 0 Å². The SMILES string of the molecule is O=S(=O)(O)CCc1ccc2ccccc2c1O.[H-].[Na+]. The smallest absolute Gasteiger partial charge is 1.00 e. The zero-order valence-corrected chi connectivity index (χ0v) is 12.8.